The molecule has 0 aliphatic rings. The molecule has 3 aromatic rings. The van der Waals surface area contributed by atoms with Crippen molar-refractivity contribution < 1.29 is 19.4 Å². The number of phenols is 1. The van der Waals surface area contributed by atoms with Gasteiger partial charge < -0.3 is 20.5 Å². The molecule has 0 aliphatic heterocycles. The van der Waals surface area contributed by atoms with Crippen molar-refractivity contribution in [1.29, 1.82) is 5.26 Å². The van der Waals surface area contributed by atoms with Gasteiger partial charge in [-0.3, -0.25) is 9.59 Å². The smallest absolute Gasteiger partial charge is 0.266 e. The Morgan fingerprint density at radius 1 is 1.06 bits per heavy atom. The van der Waals surface area contributed by atoms with E-state index in [9.17, 15) is 20.0 Å². The van der Waals surface area contributed by atoms with Crippen LogP contribution in [0.5, 0.6) is 11.5 Å². The van der Waals surface area contributed by atoms with E-state index in [1.54, 1.807) is 24.3 Å². The van der Waals surface area contributed by atoms with Gasteiger partial charge in [0, 0.05) is 21.4 Å². The molecule has 0 heterocycles. The van der Waals surface area contributed by atoms with Crippen molar-refractivity contribution in [3.8, 4) is 17.6 Å². The first-order valence-corrected chi connectivity index (χ1v) is 10.6. The number of benzene rings is 3. The van der Waals surface area contributed by atoms with Crippen LogP contribution in [-0.2, 0) is 9.59 Å². The summed E-state index contributed by atoms with van der Waals surface area (Å²) in [6.07, 6.45) is 1.38. The quantitative estimate of drug-likeness (QED) is 0.237. The molecular formula is C25H20BrN3O4. The fourth-order valence-electron chi connectivity index (χ4n) is 2.87. The number of phenolic OH excluding ortho intramolecular Hbond substituents is 1. The van der Waals surface area contributed by atoms with Crippen LogP contribution in [0, 0.1) is 18.3 Å². The van der Waals surface area contributed by atoms with Gasteiger partial charge in [-0.15, -0.1) is 0 Å². The second kappa shape index (κ2) is 11.0. The Hall–Kier alpha value is -4.09. The Bertz CT molecular complexity index is 1250. The molecule has 0 spiro atoms. The van der Waals surface area contributed by atoms with Gasteiger partial charge in [0.15, 0.2) is 6.61 Å². The number of ether oxygens (including phenoxy) is 1. The number of carbonyl (C=O) groups is 2. The van der Waals surface area contributed by atoms with Crippen molar-refractivity contribution in [2.45, 2.75) is 6.92 Å². The van der Waals surface area contributed by atoms with Gasteiger partial charge in [0.2, 0.25) is 0 Å². The number of hydrogen-bond acceptors (Lipinski definition) is 5. The number of aryl methyl sites for hydroxylation is 1. The number of aromatic hydroxyl groups is 1. The summed E-state index contributed by atoms with van der Waals surface area (Å²) in [6, 6.07) is 20.2. The third kappa shape index (κ3) is 6.95. The number of hydrogen-bond donors (Lipinski definition) is 3. The minimum absolute atomic E-state index is 0.0615. The van der Waals surface area contributed by atoms with Gasteiger partial charge in [0.25, 0.3) is 11.8 Å². The van der Waals surface area contributed by atoms with Gasteiger partial charge in [-0.1, -0.05) is 28.1 Å². The molecule has 33 heavy (non-hydrogen) atoms. The van der Waals surface area contributed by atoms with Crippen LogP contribution in [-0.4, -0.2) is 23.5 Å². The summed E-state index contributed by atoms with van der Waals surface area (Å²) in [5, 5.41) is 24.2. The van der Waals surface area contributed by atoms with E-state index in [0.29, 0.717) is 27.2 Å². The fraction of sp³-hybridized carbons (Fsp3) is 0.0800. The summed E-state index contributed by atoms with van der Waals surface area (Å²) in [5.41, 5.74) is 2.40. The predicted molar refractivity (Wildman–Crippen MR) is 130 cm³/mol. The molecule has 0 aliphatic carbocycles. The lowest BCUT2D eigenvalue weighted by Crippen LogP contribution is -2.20. The molecule has 0 fully saturated rings. The number of carbonyl (C=O) groups excluding carboxylic acids is 2. The summed E-state index contributed by atoms with van der Waals surface area (Å²) in [6.45, 7) is 1.68. The molecule has 3 N–H and O–H groups in total. The molecule has 0 saturated carbocycles. The molecule has 7 nitrogen and oxygen atoms in total. The monoisotopic (exact) mass is 505 g/mol. The number of rotatable bonds is 7. The lowest BCUT2D eigenvalue weighted by Gasteiger charge is -2.11. The first-order chi connectivity index (χ1) is 15.8. The highest BCUT2D eigenvalue weighted by Gasteiger charge is 2.13. The molecule has 0 unspecified atom stereocenters. The highest BCUT2D eigenvalue weighted by Crippen LogP contribution is 2.26. The zero-order valence-corrected chi connectivity index (χ0v) is 19.2. The van der Waals surface area contributed by atoms with E-state index < -0.39 is 5.91 Å². The maximum Gasteiger partial charge on any atom is 0.266 e. The second-order valence-electron chi connectivity index (χ2n) is 7.06. The first-order valence-electron chi connectivity index (χ1n) is 9.85. The van der Waals surface area contributed by atoms with E-state index in [4.69, 9.17) is 4.74 Å². The van der Waals surface area contributed by atoms with E-state index in [-0.39, 0.29) is 23.8 Å². The lowest BCUT2D eigenvalue weighted by molar-refractivity contribution is -0.118. The summed E-state index contributed by atoms with van der Waals surface area (Å²) in [4.78, 5) is 24.8. The van der Waals surface area contributed by atoms with Crippen molar-refractivity contribution in [2.75, 3.05) is 17.2 Å². The van der Waals surface area contributed by atoms with Crippen LogP contribution in [0.2, 0.25) is 0 Å². The molecule has 0 radical (unpaired) electrons. The van der Waals surface area contributed by atoms with Gasteiger partial charge in [-0.2, -0.15) is 5.26 Å². The van der Waals surface area contributed by atoms with Crippen LogP contribution < -0.4 is 15.4 Å². The molecule has 0 saturated heterocycles. The fourth-order valence-corrected chi connectivity index (χ4v) is 3.25. The third-order valence-corrected chi connectivity index (χ3v) is 4.92. The van der Waals surface area contributed by atoms with Crippen molar-refractivity contribution >= 4 is 45.2 Å². The Morgan fingerprint density at radius 3 is 2.52 bits per heavy atom. The van der Waals surface area contributed by atoms with Gasteiger partial charge in [-0.05, 0) is 73.2 Å². The number of nitrogens with zero attached hydrogens (tertiary/aromatic N) is 1. The van der Waals surface area contributed by atoms with E-state index in [1.165, 1.54) is 30.3 Å². The Balaban J connectivity index is 1.74. The third-order valence-electron chi connectivity index (χ3n) is 4.42. The molecule has 0 aromatic heterocycles. The zero-order chi connectivity index (χ0) is 23.8. The topological polar surface area (TPSA) is 111 Å². The molecule has 8 heteroatoms. The van der Waals surface area contributed by atoms with Crippen molar-refractivity contribution in [3.05, 3.63) is 87.9 Å². The summed E-state index contributed by atoms with van der Waals surface area (Å²) < 4.78 is 6.38. The number of amides is 2. The maximum absolute atomic E-state index is 12.5. The van der Waals surface area contributed by atoms with E-state index in [2.05, 4.69) is 26.6 Å². The Kier molecular flexibility index (Phi) is 7.84. The maximum atomic E-state index is 12.5. The molecule has 0 atom stereocenters. The summed E-state index contributed by atoms with van der Waals surface area (Å²) in [5.74, 6) is -0.565. The minimum Gasteiger partial charge on any atom is -0.508 e. The zero-order valence-electron chi connectivity index (χ0n) is 17.6. The van der Waals surface area contributed by atoms with Gasteiger partial charge in [0.1, 0.15) is 23.1 Å². The SMILES string of the molecule is Cc1cccc(NC(=O)COc2ccc(Br)cc2/C=C(\C#N)C(=O)Nc2ccc(O)cc2)c1. The second-order valence-corrected chi connectivity index (χ2v) is 7.97. The van der Waals surface area contributed by atoms with Crippen LogP contribution >= 0.6 is 15.9 Å². The largest absolute Gasteiger partial charge is 0.508 e. The minimum atomic E-state index is -0.619. The molecule has 3 rings (SSSR count). The number of halogens is 1. The lowest BCUT2D eigenvalue weighted by atomic mass is 10.1. The van der Waals surface area contributed by atoms with Crippen LogP contribution in [0.1, 0.15) is 11.1 Å². The number of nitrogens with one attached hydrogen (secondary N) is 2. The Morgan fingerprint density at radius 2 is 1.82 bits per heavy atom. The van der Waals surface area contributed by atoms with Crippen LogP contribution in [0.25, 0.3) is 6.08 Å². The molecule has 166 valence electrons. The van der Waals surface area contributed by atoms with Crippen LogP contribution in [0.3, 0.4) is 0 Å². The highest BCUT2D eigenvalue weighted by atomic mass is 79.9. The summed E-state index contributed by atoms with van der Waals surface area (Å²) in [7, 11) is 0. The van der Waals surface area contributed by atoms with Gasteiger partial charge in [-0.25, -0.2) is 0 Å². The molecule has 3 aromatic carbocycles. The predicted octanol–water partition coefficient (Wildman–Crippen LogP) is 5.03. The molecule has 2 amide bonds. The van der Waals surface area contributed by atoms with Crippen molar-refractivity contribution in [1.82, 2.24) is 0 Å². The van der Waals surface area contributed by atoms with E-state index in [1.807, 2.05) is 31.2 Å². The average molecular weight is 506 g/mol. The van der Waals surface area contributed by atoms with Crippen molar-refractivity contribution in [2.24, 2.45) is 0 Å². The van der Waals surface area contributed by atoms with E-state index >= 15 is 0 Å². The standard InChI is InChI=1S/C25H20BrN3O4/c1-16-3-2-4-21(11-16)28-24(31)15-33-23-10-5-19(26)13-17(23)12-18(14-27)25(32)29-20-6-8-22(30)9-7-20/h2-13,30H,15H2,1H3,(H,28,31)(H,29,32)/b18-12+. The normalized spacial score (nSPS) is 10.8. The molecule has 0 bridgehead atoms. The van der Waals surface area contributed by atoms with E-state index in [0.717, 1.165) is 5.56 Å². The molecular weight excluding hydrogens is 486 g/mol. The number of nitriles is 1. The summed E-state index contributed by atoms with van der Waals surface area (Å²) >= 11 is 3.37. The first kappa shape index (κ1) is 23.6. The van der Waals surface area contributed by atoms with Gasteiger partial charge in [0.05, 0.1) is 0 Å². The van der Waals surface area contributed by atoms with Crippen LogP contribution in [0.15, 0.2) is 76.8 Å². The van der Waals surface area contributed by atoms with Gasteiger partial charge >= 0.3 is 0 Å². The van der Waals surface area contributed by atoms with Crippen molar-refractivity contribution in [3.63, 3.8) is 0 Å². The van der Waals surface area contributed by atoms with Crippen LogP contribution in [0.4, 0.5) is 11.4 Å². The Labute approximate surface area is 199 Å². The number of anilines is 2. The highest BCUT2D eigenvalue weighted by molar-refractivity contribution is 9.10. The average Bonchev–Trinajstić information content (AvgIpc) is 2.78.